The highest BCUT2D eigenvalue weighted by Crippen LogP contribution is 2.15. The van der Waals surface area contributed by atoms with Crippen molar-refractivity contribution < 1.29 is 9.47 Å². The van der Waals surface area contributed by atoms with Gasteiger partial charge in [-0.15, -0.1) is 0 Å². The summed E-state index contributed by atoms with van der Waals surface area (Å²) in [6, 6.07) is 0. The van der Waals surface area contributed by atoms with E-state index in [-0.39, 0.29) is 0 Å². The molecule has 1 aliphatic rings. The Morgan fingerprint density at radius 1 is 1.13 bits per heavy atom. The van der Waals surface area contributed by atoms with Crippen LogP contribution in [0.2, 0.25) is 0 Å². The number of unbranched alkanes of at least 4 members (excludes halogenated alkanes) is 4. The third-order valence-corrected chi connectivity index (χ3v) is 3.00. The van der Waals surface area contributed by atoms with Gasteiger partial charge in [-0.05, 0) is 25.7 Å². The van der Waals surface area contributed by atoms with Crippen molar-refractivity contribution >= 4 is 0 Å². The predicted molar refractivity (Wildman–Crippen MR) is 63.2 cm³/mol. The molecule has 0 aromatic rings. The Kier molecular flexibility index (Phi) is 7.94. The first-order valence-corrected chi connectivity index (χ1v) is 6.63. The molecule has 0 saturated carbocycles. The minimum absolute atomic E-state index is 0.491. The van der Waals surface area contributed by atoms with Gasteiger partial charge in [0.2, 0.25) is 0 Å². The van der Waals surface area contributed by atoms with E-state index in [0.29, 0.717) is 6.10 Å². The molecule has 0 amide bonds. The highest BCUT2D eigenvalue weighted by atomic mass is 16.5. The Labute approximate surface area is 94.3 Å². The predicted octanol–water partition coefficient (Wildman–Crippen LogP) is 3.54. The van der Waals surface area contributed by atoms with Crippen LogP contribution < -0.4 is 0 Å². The zero-order valence-electron chi connectivity index (χ0n) is 10.2. The maximum Gasteiger partial charge on any atom is 0.0597 e. The zero-order valence-corrected chi connectivity index (χ0v) is 10.2. The molecule has 1 rings (SSSR count). The zero-order chi connectivity index (χ0) is 10.8. The van der Waals surface area contributed by atoms with Gasteiger partial charge in [0.25, 0.3) is 0 Å². The molecular formula is C13H26O2. The standard InChI is InChI=1S/C13H26O2/c1-2-3-4-5-6-10-14-12-9-13-8-7-11-15-13/h13H,2-12H2,1H3. The molecule has 15 heavy (non-hydrogen) atoms. The van der Waals surface area contributed by atoms with E-state index >= 15 is 0 Å². The molecule has 0 aliphatic carbocycles. The Hall–Kier alpha value is -0.0800. The summed E-state index contributed by atoms with van der Waals surface area (Å²) >= 11 is 0. The molecule has 1 heterocycles. The van der Waals surface area contributed by atoms with Gasteiger partial charge in [-0.25, -0.2) is 0 Å². The van der Waals surface area contributed by atoms with Crippen LogP contribution in [0, 0.1) is 0 Å². The fraction of sp³-hybridized carbons (Fsp3) is 1.00. The van der Waals surface area contributed by atoms with Gasteiger partial charge < -0.3 is 9.47 Å². The van der Waals surface area contributed by atoms with E-state index in [0.717, 1.165) is 26.2 Å². The Balaban J connectivity index is 1.73. The number of hydrogen-bond donors (Lipinski definition) is 0. The molecule has 2 nitrogen and oxygen atoms in total. The van der Waals surface area contributed by atoms with Crippen LogP contribution in [0.25, 0.3) is 0 Å². The van der Waals surface area contributed by atoms with Crippen LogP contribution in [0.3, 0.4) is 0 Å². The highest BCUT2D eigenvalue weighted by molar-refractivity contribution is 4.63. The topological polar surface area (TPSA) is 18.5 Å². The number of rotatable bonds is 9. The quantitative estimate of drug-likeness (QED) is 0.546. The smallest absolute Gasteiger partial charge is 0.0597 e. The van der Waals surface area contributed by atoms with Crippen molar-refractivity contribution in [2.45, 2.75) is 64.4 Å². The lowest BCUT2D eigenvalue weighted by Gasteiger charge is -2.09. The van der Waals surface area contributed by atoms with E-state index in [2.05, 4.69) is 6.92 Å². The van der Waals surface area contributed by atoms with Crippen molar-refractivity contribution in [1.82, 2.24) is 0 Å². The lowest BCUT2D eigenvalue weighted by atomic mass is 10.2. The fourth-order valence-corrected chi connectivity index (χ4v) is 2.00. The second-order valence-corrected chi connectivity index (χ2v) is 4.45. The first-order chi connectivity index (χ1) is 7.43. The molecule has 1 unspecified atom stereocenters. The molecule has 1 atom stereocenters. The molecule has 0 spiro atoms. The van der Waals surface area contributed by atoms with Crippen LogP contribution in [0.5, 0.6) is 0 Å². The molecule has 0 bridgehead atoms. The minimum Gasteiger partial charge on any atom is -0.381 e. The van der Waals surface area contributed by atoms with E-state index in [1.165, 1.54) is 44.9 Å². The van der Waals surface area contributed by atoms with E-state index in [1.807, 2.05) is 0 Å². The van der Waals surface area contributed by atoms with Gasteiger partial charge >= 0.3 is 0 Å². The average molecular weight is 214 g/mol. The minimum atomic E-state index is 0.491. The SMILES string of the molecule is CCCCCCCOCCC1CCCO1. The summed E-state index contributed by atoms with van der Waals surface area (Å²) in [5.41, 5.74) is 0. The molecule has 1 aliphatic heterocycles. The van der Waals surface area contributed by atoms with Gasteiger partial charge in [0, 0.05) is 19.8 Å². The molecular weight excluding hydrogens is 188 g/mol. The molecule has 1 saturated heterocycles. The fourth-order valence-electron chi connectivity index (χ4n) is 2.00. The molecule has 2 heteroatoms. The molecule has 0 aromatic heterocycles. The molecule has 0 N–H and O–H groups in total. The first-order valence-electron chi connectivity index (χ1n) is 6.63. The Bertz CT molecular complexity index is 130. The van der Waals surface area contributed by atoms with Gasteiger partial charge in [-0.3, -0.25) is 0 Å². The normalized spacial score (nSPS) is 21.0. The molecule has 90 valence electrons. The van der Waals surface area contributed by atoms with Crippen LogP contribution >= 0.6 is 0 Å². The average Bonchev–Trinajstić information content (AvgIpc) is 2.75. The monoisotopic (exact) mass is 214 g/mol. The van der Waals surface area contributed by atoms with Crippen molar-refractivity contribution in [3.63, 3.8) is 0 Å². The van der Waals surface area contributed by atoms with Gasteiger partial charge in [0.1, 0.15) is 0 Å². The van der Waals surface area contributed by atoms with Crippen LogP contribution in [0.15, 0.2) is 0 Å². The van der Waals surface area contributed by atoms with Gasteiger partial charge in [-0.1, -0.05) is 32.6 Å². The van der Waals surface area contributed by atoms with Gasteiger partial charge in [0.15, 0.2) is 0 Å². The summed E-state index contributed by atoms with van der Waals surface area (Å²) in [6.07, 6.45) is 10.7. The maximum atomic E-state index is 5.60. The summed E-state index contributed by atoms with van der Waals surface area (Å²) in [4.78, 5) is 0. The number of ether oxygens (including phenoxy) is 2. The largest absolute Gasteiger partial charge is 0.381 e. The van der Waals surface area contributed by atoms with E-state index < -0.39 is 0 Å². The highest BCUT2D eigenvalue weighted by Gasteiger charge is 2.14. The third-order valence-electron chi connectivity index (χ3n) is 3.00. The maximum absolute atomic E-state index is 5.60. The van der Waals surface area contributed by atoms with E-state index in [1.54, 1.807) is 0 Å². The summed E-state index contributed by atoms with van der Waals surface area (Å²) in [6.45, 7) is 5.04. The van der Waals surface area contributed by atoms with Gasteiger partial charge in [-0.2, -0.15) is 0 Å². The van der Waals surface area contributed by atoms with Crippen LogP contribution in [0.4, 0.5) is 0 Å². The Morgan fingerprint density at radius 3 is 2.73 bits per heavy atom. The second kappa shape index (κ2) is 9.17. The third kappa shape index (κ3) is 6.91. The van der Waals surface area contributed by atoms with E-state index in [9.17, 15) is 0 Å². The summed E-state index contributed by atoms with van der Waals surface area (Å²) in [5, 5.41) is 0. The van der Waals surface area contributed by atoms with Crippen LogP contribution in [0.1, 0.15) is 58.3 Å². The van der Waals surface area contributed by atoms with Crippen molar-refractivity contribution in [2.75, 3.05) is 19.8 Å². The van der Waals surface area contributed by atoms with Crippen molar-refractivity contribution in [1.29, 1.82) is 0 Å². The summed E-state index contributed by atoms with van der Waals surface area (Å²) < 4.78 is 11.1. The lowest BCUT2D eigenvalue weighted by molar-refractivity contribution is 0.0582. The first kappa shape index (κ1) is 13.0. The lowest BCUT2D eigenvalue weighted by Crippen LogP contribution is -2.09. The van der Waals surface area contributed by atoms with Crippen molar-refractivity contribution in [3.05, 3.63) is 0 Å². The Morgan fingerprint density at radius 2 is 2.00 bits per heavy atom. The summed E-state index contributed by atoms with van der Waals surface area (Å²) in [7, 11) is 0. The molecule has 1 fully saturated rings. The van der Waals surface area contributed by atoms with Crippen molar-refractivity contribution in [2.24, 2.45) is 0 Å². The second-order valence-electron chi connectivity index (χ2n) is 4.45. The number of hydrogen-bond acceptors (Lipinski definition) is 2. The molecule has 0 radical (unpaired) electrons. The van der Waals surface area contributed by atoms with Crippen LogP contribution in [-0.4, -0.2) is 25.9 Å². The van der Waals surface area contributed by atoms with E-state index in [4.69, 9.17) is 9.47 Å². The van der Waals surface area contributed by atoms with Crippen molar-refractivity contribution in [3.8, 4) is 0 Å². The van der Waals surface area contributed by atoms with Crippen LogP contribution in [-0.2, 0) is 9.47 Å². The van der Waals surface area contributed by atoms with Gasteiger partial charge in [0.05, 0.1) is 6.10 Å². The summed E-state index contributed by atoms with van der Waals surface area (Å²) in [5.74, 6) is 0. The molecule has 0 aromatic carbocycles.